The smallest absolute Gasteiger partial charge is 0.127 e. The van der Waals surface area contributed by atoms with Gasteiger partial charge in [-0.15, -0.1) is 0 Å². The molecule has 0 saturated heterocycles. The monoisotopic (exact) mass is 214 g/mol. The van der Waals surface area contributed by atoms with Crippen molar-refractivity contribution in [3.63, 3.8) is 0 Å². The summed E-state index contributed by atoms with van der Waals surface area (Å²) in [5.74, 6) is 0.293. The molecule has 1 N–H and O–H groups in total. The van der Waals surface area contributed by atoms with E-state index < -0.39 is 0 Å². The van der Waals surface area contributed by atoms with Crippen molar-refractivity contribution in [3.8, 4) is 5.75 Å². The minimum absolute atomic E-state index is 0.293. The quantitative estimate of drug-likeness (QED) is 0.767. The molecule has 0 bridgehead atoms. The fourth-order valence-electron chi connectivity index (χ4n) is 1.62. The zero-order valence-corrected chi connectivity index (χ0v) is 9.38. The predicted molar refractivity (Wildman–Crippen MR) is 65.0 cm³/mol. The number of phenolic OH excluding ortho intramolecular Hbond substituents is 1. The Labute approximate surface area is 94.7 Å². The van der Waals surface area contributed by atoms with Crippen LogP contribution in [0.5, 0.6) is 5.75 Å². The summed E-state index contributed by atoms with van der Waals surface area (Å²) >= 11 is 0. The number of benzene rings is 1. The van der Waals surface area contributed by atoms with Gasteiger partial charge in [-0.05, 0) is 43.2 Å². The van der Waals surface area contributed by atoms with E-state index in [2.05, 4.69) is 5.10 Å². The molecule has 82 valence electrons. The number of hydrogen-bond donors (Lipinski definition) is 1. The van der Waals surface area contributed by atoms with Gasteiger partial charge < -0.3 is 5.11 Å². The molecular weight excluding hydrogens is 200 g/mol. The van der Waals surface area contributed by atoms with Crippen molar-refractivity contribution < 1.29 is 5.11 Å². The first-order valence-electron chi connectivity index (χ1n) is 5.14. The van der Waals surface area contributed by atoms with Crippen LogP contribution in [-0.2, 0) is 0 Å². The van der Waals surface area contributed by atoms with Gasteiger partial charge in [0.15, 0.2) is 0 Å². The van der Waals surface area contributed by atoms with Gasteiger partial charge in [0.2, 0.25) is 0 Å². The van der Waals surface area contributed by atoms with Crippen molar-refractivity contribution in [1.29, 1.82) is 0 Å². The number of hydrogen-bond acceptors (Lipinski definition) is 2. The fourth-order valence-corrected chi connectivity index (χ4v) is 1.62. The van der Waals surface area contributed by atoms with Crippen molar-refractivity contribution in [1.82, 2.24) is 4.68 Å². The topological polar surface area (TPSA) is 37.5 Å². The number of nitrogens with zero attached hydrogens (tertiary/aromatic N) is 2. The third-order valence-corrected chi connectivity index (χ3v) is 2.39. The van der Waals surface area contributed by atoms with Gasteiger partial charge in [-0.25, -0.2) is 4.68 Å². The molecule has 0 saturated carbocycles. The van der Waals surface area contributed by atoms with Crippen molar-refractivity contribution in [2.75, 3.05) is 0 Å². The lowest BCUT2D eigenvalue weighted by atomic mass is 10.1. The largest absolute Gasteiger partial charge is 0.507 e. The zero-order chi connectivity index (χ0) is 11.5. The lowest BCUT2D eigenvalue weighted by molar-refractivity contribution is 0.470. The van der Waals surface area contributed by atoms with Crippen LogP contribution in [0.15, 0.2) is 41.8 Å². The van der Waals surface area contributed by atoms with Crippen LogP contribution in [0.4, 0.5) is 0 Å². The molecule has 0 aliphatic heterocycles. The van der Waals surface area contributed by atoms with Crippen LogP contribution < -0.4 is 0 Å². The first-order valence-corrected chi connectivity index (χ1v) is 5.14. The maximum atomic E-state index is 9.85. The lowest BCUT2D eigenvalue weighted by Crippen LogP contribution is -1.90. The van der Waals surface area contributed by atoms with E-state index in [1.165, 1.54) is 0 Å². The maximum absolute atomic E-state index is 9.85. The van der Waals surface area contributed by atoms with Gasteiger partial charge in [-0.3, -0.25) is 0 Å². The van der Waals surface area contributed by atoms with Crippen molar-refractivity contribution >= 4 is 6.21 Å². The molecule has 1 aromatic carbocycles. The summed E-state index contributed by atoms with van der Waals surface area (Å²) in [4.78, 5) is 0. The Kier molecular flexibility index (Phi) is 2.77. The van der Waals surface area contributed by atoms with Gasteiger partial charge in [0.05, 0.1) is 6.21 Å². The Bertz CT molecular complexity index is 513. The second kappa shape index (κ2) is 4.23. The molecule has 2 aromatic rings. The summed E-state index contributed by atoms with van der Waals surface area (Å²) in [6.07, 6.45) is 5.35. The summed E-state index contributed by atoms with van der Waals surface area (Å²) in [6.45, 7) is 3.88. The van der Waals surface area contributed by atoms with E-state index in [9.17, 15) is 5.11 Å². The summed E-state index contributed by atoms with van der Waals surface area (Å²) in [5.41, 5.74) is 2.73. The third kappa shape index (κ3) is 2.14. The molecule has 3 heteroatoms. The lowest BCUT2D eigenvalue weighted by Gasteiger charge is -2.04. The Hall–Kier alpha value is -2.03. The average Bonchev–Trinajstić information content (AvgIpc) is 2.74. The first-order chi connectivity index (χ1) is 7.66. The Morgan fingerprint density at radius 3 is 2.56 bits per heavy atom. The second-order valence-corrected chi connectivity index (χ2v) is 3.83. The molecule has 0 unspecified atom stereocenters. The molecule has 0 radical (unpaired) electrons. The van der Waals surface area contributed by atoms with Crippen LogP contribution in [0, 0.1) is 13.8 Å². The van der Waals surface area contributed by atoms with Crippen molar-refractivity contribution in [2.24, 2.45) is 5.10 Å². The van der Waals surface area contributed by atoms with E-state index in [4.69, 9.17) is 0 Å². The third-order valence-electron chi connectivity index (χ3n) is 2.39. The highest BCUT2D eigenvalue weighted by Crippen LogP contribution is 2.22. The van der Waals surface area contributed by atoms with Gasteiger partial charge in [0.1, 0.15) is 5.75 Å². The zero-order valence-electron chi connectivity index (χ0n) is 9.38. The van der Waals surface area contributed by atoms with E-state index in [-0.39, 0.29) is 0 Å². The van der Waals surface area contributed by atoms with Gasteiger partial charge in [0.25, 0.3) is 0 Å². The summed E-state index contributed by atoms with van der Waals surface area (Å²) in [5, 5.41) is 14.1. The molecule has 0 atom stereocenters. The van der Waals surface area contributed by atoms with Crippen molar-refractivity contribution in [3.05, 3.63) is 53.3 Å². The molecular formula is C13H14N2O. The molecule has 0 aliphatic carbocycles. The highest BCUT2D eigenvalue weighted by molar-refractivity contribution is 5.84. The summed E-state index contributed by atoms with van der Waals surface area (Å²) in [7, 11) is 0. The van der Waals surface area contributed by atoms with Crippen LogP contribution in [0.25, 0.3) is 0 Å². The average molecular weight is 214 g/mol. The number of rotatable bonds is 2. The van der Waals surface area contributed by atoms with Crippen LogP contribution in [-0.4, -0.2) is 16.0 Å². The molecule has 3 nitrogen and oxygen atoms in total. The summed E-state index contributed by atoms with van der Waals surface area (Å²) in [6, 6.07) is 7.66. The Morgan fingerprint density at radius 2 is 1.88 bits per heavy atom. The predicted octanol–water partition coefficient (Wildman–Crippen LogP) is 2.69. The van der Waals surface area contributed by atoms with Crippen LogP contribution >= 0.6 is 0 Å². The minimum atomic E-state index is 0.293. The van der Waals surface area contributed by atoms with E-state index in [1.54, 1.807) is 10.9 Å². The molecule has 0 spiro atoms. The highest BCUT2D eigenvalue weighted by atomic mass is 16.3. The molecule has 1 aromatic heterocycles. The van der Waals surface area contributed by atoms with Gasteiger partial charge in [0, 0.05) is 18.0 Å². The highest BCUT2D eigenvalue weighted by Gasteiger charge is 2.02. The van der Waals surface area contributed by atoms with E-state index >= 15 is 0 Å². The number of aromatic hydroxyl groups is 1. The van der Waals surface area contributed by atoms with Crippen molar-refractivity contribution in [2.45, 2.75) is 13.8 Å². The van der Waals surface area contributed by atoms with E-state index in [0.717, 1.165) is 16.7 Å². The standard InChI is InChI=1S/C13H14N2O/c1-10-7-11(2)13(16)12(8-10)9-14-15-5-3-4-6-15/h3-9,16H,1-2H3. The normalized spacial score (nSPS) is 11.1. The Morgan fingerprint density at radius 1 is 1.19 bits per heavy atom. The second-order valence-electron chi connectivity index (χ2n) is 3.83. The number of phenols is 1. The summed E-state index contributed by atoms with van der Waals surface area (Å²) < 4.78 is 1.69. The number of aromatic nitrogens is 1. The molecule has 1 heterocycles. The number of aryl methyl sites for hydroxylation is 2. The SMILES string of the molecule is Cc1cc(C)c(O)c(C=Nn2cccc2)c1. The Balaban J connectivity index is 2.34. The van der Waals surface area contributed by atoms with Gasteiger partial charge >= 0.3 is 0 Å². The molecule has 0 aliphatic rings. The van der Waals surface area contributed by atoms with E-state index in [0.29, 0.717) is 5.75 Å². The van der Waals surface area contributed by atoms with Crippen LogP contribution in [0.2, 0.25) is 0 Å². The molecule has 0 fully saturated rings. The molecule has 16 heavy (non-hydrogen) atoms. The van der Waals surface area contributed by atoms with Crippen LogP contribution in [0.1, 0.15) is 16.7 Å². The maximum Gasteiger partial charge on any atom is 0.127 e. The van der Waals surface area contributed by atoms with Gasteiger partial charge in [-0.1, -0.05) is 6.07 Å². The molecule has 0 amide bonds. The van der Waals surface area contributed by atoms with E-state index in [1.807, 2.05) is 50.5 Å². The first kappa shape index (κ1) is 10.5. The van der Waals surface area contributed by atoms with Crippen LogP contribution in [0.3, 0.4) is 0 Å². The minimum Gasteiger partial charge on any atom is -0.507 e. The fraction of sp³-hybridized carbons (Fsp3) is 0.154. The molecule has 2 rings (SSSR count). The van der Waals surface area contributed by atoms with Gasteiger partial charge in [-0.2, -0.15) is 5.10 Å².